The van der Waals surface area contributed by atoms with E-state index in [9.17, 15) is 4.79 Å². The summed E-state index contributed by atoms with van der Waals surface area (Å²) in [6, 6.07) is 0. The zero-order chi connectivity index (χ0) is 12.2. The molecule has 0 saturated heterocycles. The van der Waals surface area contributed by atoms with Crippen LogP contribution < -0.4 is 10.6 Å². The summed E-state index contributed by atoms with van der Waals surface area (Å²) in [4.78, 5) is 11.1. The Hall–Kier alpha value is -0.830. The molecule has 0 bridgehead atoms. The topological polar surface area (TPSA) is 41.1 Å². The predicted molar refractivity (Wildman–Crippen MR) is 69.5 cm³/mol. The Bertz CT molecular complexity index is 202. The van der Waals surface area contributed by atoms with Gasteiger partial charge in [0.2, 0.25) is 5.91 Å². The van der Waals surface area contributed by atoms with Gasteiger partial charge in [0.15, 0.2) is 0 Å². The second kappa shape index (κ2) is 10.7. The number of rotatable bonds is 10. The second-order valence-corrected chi connectivity index (χ2v) is 4.20. The molecule has 0 unspecified atom stereocenters. The molecule has 3 nitrogen and oxygen atoms in total. The SMILES string of the molecule is C=C(C)C(=O)NCCCCCNCCCC. The van der Waals surface area contributed by atoms with Crippen molar-refractivity contribution in [2.45, 2.75) is 46.0 Å². The minimum Gasteiger partial charge on any atom is -0.352 e. The molecule has 0 fully saturated rings. The smallest absolute Gasteiger partial charge is 0.246 e. The van der Waals surface area contributed by atoms with Gasteiger partial charge in [0.1, 0.15) is 0 Å². The van der Waals surface area contributed by atoms with Crippen LogP contribution in [0.2, 0.25) is 0 Å². The fourth-order valence-electron chi connectivity index (χ4n) is 1.33. The molecule has 0 aliphatic carbocycles. The Morgan fingerprint density at radius 1 is 1.06 bits per heavy atom. The third-order valence-corrected chi connectivity index (χ3v) is 2.41. The highest BCUT2D eigenvalue weighted by atomic mass is 16.1. The van der Waals surface area contributed by atoms with Crippen LogP contribution in [0.5, 0.6) is 0 Å². The average molecular weight is 226 g/mol. The molecule has 2 N–H and O–H groups in total. The van der Waals surface area contributed by atoms with Crippen molar-refractivity contribution >= 4 is 5.91 Å². The zero-order valence-electron chi connectivity index (χ0n) is 10.8. The number of carbonyl (C=O) groups excluding carboxylic acids is 1. The summed E-state index contributed by atoms with van der Waals surface area (Å²) in [5.41, 5.74) is 0.584. The Balaban J connectivity index is 3.10. The van der Waals surface area contributed by atoms with Crippen molar-refractivity contribution in [1.82, 2.24) is 10.6 Å². The standard InChI is InChI=1S/C13H26N2O/c1-4-5-9-14-10-7-6-8-11-15-13(16)12(2)3/h14H,2,4-11H2,1,3H3,(H,15,16). The number of hydrogen-bond donors (Lipinski definition) is 2. The molecule has 0 aromatic heterocycles. The first kappa shape index (κ1) is 15.2. The first-order valence-electron chi connectivity index (χ1n) is 6.33. The summed E-state index contributed by atoms with van der Waals surface area (Å²) in [6.45, 7) is 10.5. The molecule has 0 rings (SSSR count). The molecular formula is C13H26N2O. The van der Waals surface area contributed by atoms with Crippen molar-refractivity contribution in [2.24, 2.45) is 0 Å². The highest BCUT2D eigenvalue weighted by Gasteiger charge is 1.98. The fraction of sp³-hybridized carbons (Fsp3) is 0.769. The van der Waals surface area contributed by atoms with Crippen molar-refractivity contribution in [3.8, 4) is 0 Å². The first-order chi connectivity index (χ1) is 7.68. The maximum Gasteiger partial charge on any atom is 0.246 e. The van der Waals surface area contributed by atoms with Gasteiger partial charge < -0.3 is 10.6 Å². The highest BCUT2D eigenvalue weighted by molar-refractivity contribution is 5.91. The molecule has 3 heteroatoms. The van der Waals surface area contributed by atoms with E-state index < -0.39 is 0 Å². The van der Waals surface area contributed by atoms with Crippen LogP contribution in [-0.4, -0.2) is 25.5 Å². The van der Waals surface area contributed by atoms with Crippen molar-refractivity contribution in [2.75, 3.05) is 19.6 Å². The molecule has 94 valence electrons. The minimum atomic E-state index is -0.0268. The molecule has 0 aliphatic rings. The lowest BCUT2D eigenvalue weighted by Crippen LogP contribution is -2.24. The Kier molecular flexibility index (Phi) is 10.1. The van der Waals surface area contributed by atoms with E-state index in [-0.39, 0.29) is 5.91 Å². The van der Waals surface area contributed by atoms with Crippen LogP contribution in [0.4, 0.5) is 0 Å². The van der Waals surface area contributed by atoms with Crippen LogP contribution in [0.15, 0.2) is 12.2 Å². The van der Waals surface area contributed by atoms with Gasteiger partial charge in [0, 0.05) is 12.1 Å². The lowest BCUT2D eigenvalue weighted by molar-refractivity contribution is -0.117. The van der Waals surface area contributed by atoms with Gasteiger partial charge in [-0.15, -0.1) is 0 Å². The maximum absolute atomic E-state index is 11.1. The Morgan fingerprint density at radius 3 is 2.31 bits per heavy atom. The zero-order valence-corrected chi connectivity index (χ0v) is 10.8. The highest BCUT2D eigenvalue weighted by Crippen LogP contribution is 1.94. The molecule has 16 heavy (non-hydrogen) atoms. The van der Waals surface area contributed by atoms with Gasteiger partial charge in [-0.3, -0.25) is 4.79 Å². The average Bonchev–Trinajstić information content (AvgIpc) is 2.26. The van der Waals surface area contributed by atoms with Crippen LogP contribution in [0, 0.1) is 0 Å². The van der Waals surface area contributed by atoms with E-state index in [2.05, 4.69) is 24.1 Å². The van der Waals surface area contributed by atoms with E-state index in [0.717, 1.165) is 32.5 Å². The van der Waals surface area contributed by atoms with Crippen LogP contribution in [0.1, 0.15) is 46.0 Å². The molecule has 0 saturated carbocycles. The lowest BCUT2D eigenvalue weighted by Gasteiger charge is -2.05. The van der Waals surface area contributed by atoms with Crippen LogP contribution in [0.3, 0.4) is 0 Å². The van der Waals surface area contributed by atoms with Gasteiger partial charge in [0.25, 0.3) is 0 Å². The molecule has 0 spiro atoms. The summed E-state index contributed by atoms with van der Waals surface area (Å²) in [5, 5.41) is 6.24. The number of nitrogens with one attached hydrogen (secondary N) is 2. The van der Waals surface area contributed by atoms with Gasteiger partial charge in [0.05, 0.1) is 0 Å². The summed E-state index contributed by atoms with van der Waals surface area (Å²) in [7, 11) is 0. The predicted octanol–water partition coefficient (Wildman–Crippen LogP) is 2.24. The minimum absolute atomic E-state index is 0.0268. The Morgan fingerprint density at radius 2 is 1.69 bits per heavy atom. The Labute approximate surface area is 99.7 Å². The number of carbonyl (C=O) groups is 1. The molecule has 0 aromatic carbocycles. The molecule has 1 amide bonds. The van der Waals surface area contributed by atoms with Gasteiger partial charge >= 0.3 is 0 Å². The molecule has 0 radical (unpaired) electrons. The van der Waals surface area contributed by atoms with Crippen LogP contribution >= 0.6 is 0 Å². The largest absolute Gasteiger partial charge is 0.352 e. The quantitative estimate of drug-likeness (QED) is 0.443. The molecule has 0 heterocycles. The summed E-state index contributed by atoms with van der Waals surface area (Å²) >= 11 is 0. The van der Waals surface area contributed by atoms with Crippen molar-refractivity contribution in [3.05, 3.63) is 12.2 Å². The van der Waals surface area contributed by atoms with Crippen LogP contribution in [-0.2, 0) is 4.79 Å². The lowest BCUT2D eigenvalue weighted by atomic mass is 10.2. The number of hydrogen-bond acceptors (Lipinski definition) is 2. The van der Waals surface area contributed by atoms with Gasteiger partial charge in [-0.2, -0.15) is 0 Å². The van der Waals surface area contributed by atoms with Crippen molar-refractivity contribution < 1.29 is 4.79 Å². The third-order valence-electron chi connectivity index (χ3n) is 2.41. The van der Waals surface area contributed by atoms with E-state index in [4.69, 9.17) is 0 Å². The van der Waals surface area contributed by atoms with Gasteiger partial charge in [-0.1, -0.05) is 26.3 Å². The maximum atomic E-state index is 11.1. The summed E-state index contributed by atoms with van der Waals surface area (Å²) in [5.74, 6) is -0.0268. The van der Waals surface area contributed by atoms with E-state index in [1.807, 2.05) is 0 Å². The summed E-state index contributed by atoms with van der Waals surface area (Å²) in [6.07, 6.45) is 5.91. The fourth-order valence-corrected chi connectivity index (χ4v) is 1.33. The second-order valence-electron chi connectivity index (χ2n) is 4.20. The molecular weight excluding hydrogens is 200 g/mol. The van der Waals surface area contributed by atoms with Crippen molar-refractivity contribution in [1.29, 1.82) is 0 Å². The first-order valence-corrected chi connectivity index (χ1v) is 6.33. The van der Waals surface area contributed by atoms with Gasteiger partial charge in [-0.05, 0) is 39.3 Å². The van der Waals surface area contributed by atoms with Crippen molar-refractivity contribution in [3.63, 3.8) is 0 Å². The van der Waals surface area contributed by atoms with E-state index in [1.54, 1.807) is 6.92 Å². The number of amides is 1. The van der Waals surface area contributed by atoms with E-state index in [1.165, 1.54) is 19.3 Å². The van der Waals surface area contributed by atoms with E-state index >= 15 is 0 Å². The normalized spacial score (nSPS) is 10.1. The molecule has 0 atom stereocenters. The third kappa shape index (κ3) is 9.71. The number of unbranched alkanes of at least 4 members (excludes halogenated alkanes) is 3. The van der Waals surface area contributed by atoms with Gasteiger partial charge in [-0.25, -0.2) is 0 Å². The molecule has 0 aromatic rings. The van der Waals surface area contributed by atoms with Crippen LogP contribution in [0.25, 0.3) is 0 Å². The molecule has 0 aliphatic heterocycles. The van der Waals surface area contributed by atoms with E-state index in [0.29, 0.717) is 5.57 Å². The summed E-state index contributed by atoms with van der Waals surface area (Å²) < 4.78 is 0. The monoisotopic (exact) mass is 226 g/mol.